The molecule has 3 rings (SSSR count). The van der Waals surface area contributed by atoms with Gasteiger partial charge < -0.3 is 5.43 Å². The summed E-state index contributed by atoms with van der Waals surface area (Å²) < 4.78 is 24.3. The van der Waals surface area contributed by atoms with Crippen molar-refractivity contribution in [1.82, 2.24) is 10.3 Å². The number of rotatable bonds is 5. The van der Waals surface area contributed by atoms with Gasteiger partial charge in [-0.1, -0.05) is 61.2 Å². The van der Waals surface area contributed by atoms with Crippen molar-refractivity contribution in [2.24, 2.45) is 0 Å². The molecular formula is C18H16N2O2S. The fraction of sp³-hybridized carbons (Fsp3) is 0. The van der Waals surface area contributed by atoms with Gasteiger partial charge in [-0.3, -0.25) is 0 Å². The lowest BCUT2D eigenvalue weighted by Gasteiger charge is -2.12. The third kappa shape index (κ3) is 3.41. The molecule has 0 bridgehead atoms. The Bertz CT molecular complexity index is 951. The Morgan fingerprint density at radius 2 is 1.48 bits per heavy atom. The van der Waals surface area contributed by atoms with E-state index in [-0.39, 0.29) is 4.90 Å². The van der Waals surface area contributed by atoms with Crippen LogP contribution in [0.25, 0.3) is 16.5 Å². The summed E-state index contributed by atoms with van der Waals surface area (Å²) in [5, 5.41) is 2.19. The zero-order valence-electron chi connectivity index (χ0n) is 12.4. The number of hydrogen-bond acceptors (Lipinski definition) is 3. The predicted octanol–water partition coefficient (Wildman–Crippen LogP) is 3.29. The Morgan fingerprint density at radius 3 is 2.22 bits per heavy atom. The van der Waals surface area contributed by atoms with Crippen LogP contribution in [-0.4, -0.2) is 8.42 Å². The Labute approximate surface area is 135 Å². The molecule has 0 aromatic heterocycles. The van der Waals surface area contributed by atoms with Gasteiger partial charge in [-0.2, -0.15) is 0 Å². The van der Waals surface area contributed by atoms with Gasteiger partial charge >= 0.3 is 0 Å². The zero-order valence-corrected chi connectivity index (χ0v) is 13.2. The number of sulfonamides is 1. The Hall–Kier alpha value is -2.63. The molecule has 5 heteroatoms. The van der Waals surface area contributed by atoms with Crippen LogP contribution in [0.15, 0.2) is 84.3 Å². The van der Waals surface area contributed by atoms with E-state index in [1.165, 1.54) is 12.1 Å². The van der Waals surface area contributed by atoms with Gasteiger partial charge in [-0.15, -0.1) is 4.83 Å². The van der Waals surface area contributed by atoms with Crippen molar-refractivity contribution in [3.63, 3.8) is 0 Å². The molecule has 0 aliphatic carbocycles. The highest BCUT2D eigenvalue weighted by Gasteiger charge is 2.13. The number of fused-ring (bicyclic) bond motifs is 1. The van der Waals surface area contributed by atoms with Crippen LogP contribution in [0, 0.1) is 0 Å². The standard InChI is InChI=1S/C18H16N2O2S/c1-14(16-12-11-15-7-5-6-8-17(15)13-16)19-20-23(21,22)18-9-3-2-4-10-18/h2-13,19-20H,1H2. The highest BCUT2D eigenvalue weighted by molar-refractivity contribution is 7.89. The van der Waals surface area contributed by atoms with Crippen LogP contribution in [-0.2, 0) is 10.0 Å². The fourth-order valence-electron chi connectivity index (χ4n) is 2.24. The van der Waals surface area contributed by atoms with E-state index in [9.17, 15) is 8.42 Å². The molecule has 0 fully saturated rings. The number of hydrogen-bond donors (Lipinski definition) is 2. The molecule has 0 saturated heterocycles. The molecule has 23 heavy (non-hydrogen) atoms. The van der Waals surface area contributed by atoms with Gasteiger partial charge in [-0.05, 0) is 34.5 Å². The lowest BCUT2D eigenvalue weighted by Crippen LogP contribution is -2.35. The van der Waals surface area contributed by atoms with E-state index in [0.29, 0.717) is 5.70 Å². The maximum Gasteiger partial charge on any atom is 0.257 e. The SMILES string of the molecule is C=C(NNS(=O)(=O)c1ccccc1)c1ccc2ccccc2c1. The van der Waals surface area contributed by atoms with E-state index in [1.54, 1.807) is 18.2 Å². The van der Waals surface area contributed by atoms with E-state index >= 15 is 0 Å². The third-order valence-corrected chi connectivity index (χ3v) is 4.75. The minimum Gasteiger partial charge on any atom is -0.308 e. The summed E-state index contributed by atoms with van der Waals surface area (Å²) in [4.78, 5) is 2.54. The van der Waals surface area contributed by atoms with Crippen molar-refractivity contribution in [2.45, 2.75) is 4.90 Å². The summed E-state index contributed by atoms with van der Waals surface area (Å²) in [6, 6.07) is 22.0. The van der Waals surface area contributed by atoms with Crippen molar-refractivity contribution in [2.75, 3.05) is 0 Å². The van der Waals surface area contributed by atoms with Gasteiger partial charge in [0.2, 0.25) is 0 Å². The average Bonchev–Trinajstić information content (AvgIpc) is 2.60. The topological polar surface area (TPSA) is 58.2 Å². The van der Waals surface area contributed by atoms with Gasteiger partial charge in [0.15, 0.2) is 0 Å². The maximum atomic E-state index is 12.2. The van der Waals surface area contributed by atoms with Crippen LogP contribution >= 0.6 is 0 Å². The summed E-state index contributed by atoms with van der Waals surface area (Å²) in [5.74, 6) is 0. The molecular weight excluding hydrogens is 308 g/mol. The first-order valence-electron chi connectivity index (χ1n) is 7.07. The van der Waals surface area contributed by atoms with Crippen molar-refractivity contribution in [3.05, 3.63) is 84.9 Å². The van der Waals surface area contributed by atoms with E-state index < -0.39 is 10.0 Å². The van der Waals surface area contributed by atoms with E-state index in [2.05, 4.69) is 16.8 Å². The summed E-state index contributed by atoms with van der Waals surface area (Å²) in [6.45, 7) is 3.89. The maximum absolute atomic E-state index is 12.2. The molecule has 0 atom stereocenters. The fourth-order valence-corrected chi connectivity index (χ4v) is 3.13. The molecule has 3 aromatic rings. The second-order valence-electron chi connectivity index (χ2n) is 5.08. The number of benzene rings is 3. The van der Waals surface area contributed by atoms with Gasteiger partial charge in [-0.25, -0.2) is 8.42 Å². The molecule has 0 aliphatic rings. The summed E-state index contributed by atoms with van der Waals surface area (Å²) in [7, 11) is -3.63. The summed E-state index contributed by atoms with van der Waals surface area (Å²) in [6.07, 6.45) is 0. The largest absolute Gasteiger partial charge is 0.308 e. The van der Waals surface area contributed by atoms with Gasteiger partial charge in [0.25, 0.3) is 10.0 Å². The van der Waals surface area contributed by atoms with Crippen molar-refractivity contribution < 1.29 is 8.42 Å². The quantitative estimate of drug-likeness (QED) is 0.708. The van der Waals surface area contributed by atoms with E-state index in [0.717, 1.165) is 16.3 Å². The average molecular weight is 324 g/mol. The molecule has 0 heterocycles. The molecule has 0 aliphatic heterocycles. The molecule has 0 saturated carbocycles. The first-order chi connectivity index (χ1) is 11.1. The second-order valence-corrected chi connectivity index (χ2v) is 6.77. The van der Waals surface area contributed by atoms with Gasteiger partial charge in [0.1, 0.15) is 0 Å². The number of hydrazine groups is 1. The summed E-state index contributed by atoms with van der Waals surface area (Å²) >= 11 is 0. The molecule has 0 radical (unpaired) electrons. The monoisotopic (exact) mass is 324 g/mol. The lowest BCUT2D eigenvalue weighted by molar-refractivity contribution is 0.576. The van der Waals surface area contributed by atoms with Crippen molar-refractivity contribution in [1.29, 1.82) is 0 Å². The van der Waals surface area contributed by atoms with Crippen LogP contribution in [0.3, 0.4) is 0 Å². The van der Waals surface area contributed by atoms with Crippen LogP contribution < -0.4 is 10.3 Å². The number of nitrogens with one attached hydrogen (secondary N) is 2. The highest BCUT2D eigenvalue weighted by atomic mass is 32.2. The van der Waals surface area contributed by atoms with E-state index in [4.69, 9.17) is 0 Å². The second kappa shape index (κ2) is 6.24. The first-order valence-corrected chi connectivity index (χ1v) is 8.55. The van der Waals surface area contributed by atoms with Gasteiger partial charge in [0, 0.05) is 5.70 Å². The lowest BCUT2D eigenvalue weighted by atomic mass is 10.1. The predicted molar refractivity (Wildman–Crippen MR) is 92.9 cm³/mol. The van der Waals surface area contributed by atoms with Crippen molar-refractivity contribution in [3.8, 4) is 0 Å². The van der Waals surface area contributed by atoms with Gasteiger partial charge in [0.05, 0.1) is 4.90 Å². The smallest absolute Gasteiger partial charge is 0.257 e. The van der Waals surface area contributed by atoms with Crippen molar-refractivity contribution >= 4 is 26.5 Å². The Balaban J connectivity index is 1.76. The molecule has 2 N–H and O–H groups in total. The minimum absolute atomic E-state index is 0.193. The molecule has 0 spiro atoms. The van der Waals surface area contributed by atoms with Crippen LogP contribution in [0.2, 0.25) is 0 Å². The van der Waals surface area contributed by atoms with E-state index in [1.807, 2.05) is 42.5 Å². The molecule has 4 nitrogen and oxygen atoms in total. The highest BCUT2D eigenvalue weighted by Crippen LogP contribution is 2.19. The van der Waals surface area contributed by atoms with Crippen LogP contribution in [0.4, 0.5) is 0 Å². The third-order valence-electron chi connectivity index (χ3n) is 3.49. The molecule has 3 aromatic carbocycles. The normalized spacial score (nSPS) is 11.3. The molecule has 116 valence electrons. The van der Waals surface area contributed by atoms with Crippen LogP contribution in [0.1, 0.15) is 5.56 Å². The zero-order chi connectivity index (χ0) is 16.3. The molecule has 0 amide bonds. The first kappa shape index (κ1) is 15.3. The summed E-state index contributed by atoms with van der Waals surface area (Å²) in [5.41, 5.74) is 3.97. The molecule has 0 unspecified atom stereocenters. The Kier molecular flexibility index (Phi) is 4.14. The van der Waals surface area contributed by atoms with Crippen LogP contribution in [0.5, 0.6) is 0 Å². The Morgan fingerprint density at radius 1 is 0.826 bits per heavy atom. The minimum atomic E-state index is -3.63.